The van der Waals surface area contributed by atoms with E-state index in [1.165, 1.54) is 0 Å². The van der Waals surface area contributed by atoms with Crippen molar-refractivity contribution in [2.75, 3.05) is 19.8 Å². The average molecular weight is 265 g/mol. The van der Waals surface area contributed by atoms with Gasteiger partial charge in [-0.3, -0.25) is 0 Å². The molecule has 0 fully saturated rings. The topological polar surface area (TPSA) is 30.5 Å². The molecule has 3 heteroatoms. The summed E-state index contributed by atoms with van der Waals surface area (Å²) in [5.74, 6) is 1.83. The second-order valence-electron chi connectivity index (χ2n) is 4.77. The maximum absolute atomic E-state index is 5.71. The third kappa shape index (κ3) is 7.06. The van der Waals surface area contributed by atoms with Gasteiger partial charge in [0.1, 0.15) is 11.5 Å². The van der Waals surface area contributed by atoms with Crippen LogP contribution in [0.4, 0.5) is 0 Å². The van der Waals surface area contributed by atoms with Crippen LogP contribution in [0.25, 0.3) is 0 Å². The average Bonchev–Trinajstić information content (AvgIpc) is 2.43. The second kappa shape index (κ2) is 9.68. The largest absolute Gasteiger partial charge is 0.494 e. The fourth-order valence-electron chi connectivity index (χ4n) is 1.88. The maximum atomic E-state index is 5.71. The van der Waals surface area contributed by atoms with Crippen LogP contribution in [-0.2, 0) is 0 Å². The number of nitrogens with one attached hydrogen (secondary N) is 1. The minimum atomic E-state index is 0.568. The highest BCUT2D eigenvalue weighted by atomic mass is 16.5. The van der Waals surface area contributed by atoms with Crippen molar-refractivity contribution >= 4 is 0 Å². The molecule has 1 aromatic carbocycles. The molecule has 1 unspecified atom stereocenters. The van der Waals surface area contributed by atoms with Gasteiger partial charge < -0.3 is 14.8 Å². The monoisotopic (exact) mass is 265 g/mol. The van der Waals surface area contributed by atoms with Crippen molar-refractivity contribution in [3.8, 4) is 11.5 Å². The molecule has 1 atom stereocenters. The van der Waals surface area contributed by atoms with Crippen LogP contribution in [0.2, 0.25) is 0 Å². The summed E-state index contributed by atoms with van der Waals surface area (Å²) >= 11 is 0. The first kappa shape index (κ1) is 15.8. The van der Waals surface area contributed by atoms with Gasteiger partial charge in [0.05, 0.1) is 13.2 Å². The molecule has 3 nitrogen and oxygen atoms in total. The van der Waals surface area contributed by atoms with Crippen LogP contribution in [0.15, 0.2) is 24.3 Å². The fourth-order valence-corrected chi connectivity index (χ4v) is 1.88. The van der Waals surface area contributed by atoms with E-state index in [2.05, 4.69) is 26.1 Å². The van der Waals surface area contributed by atoms with E-state index in [0.717, 1.165) is 50.5 Å². The number of rotatable bonds is 10. The lowest BCUT2D eigenvalue weighted by molar-refractivity contribution is 0.295. The Morgan fingerprint density at radius 1 is 1.00 bits per heavy atom. The molecule has 19 heavy (non-hydrogen) atoms. The summed E-state index contributed by atoms with van der Waals surface area (Å²) in [6.45, 7) is 9.01. The zero-order chi connectivity index (χ0) is 13.9. The smallest absolute Gasteiger partial charge is 0.119 e. The van der Waals surface area contributed by atoms with Crippen molar-refractivity contribution in [2.45, 2.75) is 46.1 Å². The van der Waals surface area contributed by atoms with E-state index in [1.807, 2.05) is 24.3 Å². The molecule has 0 aliphatic carbocycles. The van der Waals surface area contributed by atoms with Crippen molar-refractivity contribution in [1.82, 2.24) is 5.32 Å². The van der Waals surface area contributed by atoms with Crippen molar-refractivity contribution in [3.63, 3.8) is 0 Å². The van der Waals surface area contributed by atoms with Gasteiger partial charge in [-0.05, 0) is 57.0 Å². The molecule has 0 saturated heterocycles. The molecular weight excluding hydrogens is 238 g/mol. The summed E-state index contributed by atoms with van der Waals surface area (Å²) in [6.07, 6.45) is 3.25. The Kier molecular flexibility index (Phi) is 8.07. The Balaban J connectivity index is 2.19. The maximum Gasteiger partial charge on any atom is 0.119 e. The Morgan fingerprint density at radius 3 is 2.11 bits per heavy atom. The van der Waals surface area contributed by atoms with E-state index < -0.39 is 0 Å². The van der Waals surface area contributed by atoms with Crippen LogP contribution in [0, 0.1) is 0 Å². The van der Waals surface area contributed by atoms with Crippen LogP contribution in [0.1, 0.15) is 40.0 Å². The van der Waals surface area contributed by atoms with E-state index in [0.29, 0.717) is 6.04 Å². The minimum Gasteiger partial charge on any atom is -0.494 e. The fraction of sp³-hybridized carbons (Fsp3) is 0.625. The van der Waals surface area contributed by atoms with E-state index in [4.69, 9.17) is 9.47 Å². The molecule has 1 aromatic rings. The first-order chi connectivity index (χ1) is 9.26. The first-order valence-corrected chi connectivity index (χ1v) is 7.35. The number of hydrogen-bond donors (Lipinski definition) is 1. The van der Waals surface area contributed by atoms with Crippen LogP contribution in [0.5, 0.6) is 11.5 Å². The highest BCUT2D eigenvalue weighted by Gasteiger charge is 2.00. The van der Waals surface area contributed by atoms with E-state index in [9.17, 15) is 0 Å². The lowest BCUT2D eigenvalue weighted by atomic mass is 10.2. The van der Waals surface area contributed by atoms with Crippen LogP contribution in [-0.4, -0.2) is 25.8 Å². The minimum absolute atomic E-state index is 0.568. The highest BCUT2D eigenvalue weighted by Crippen LogP contribution is 2.18. The van der Waals surface area contributed by atoms with Gasteiger partial charge in [0, 0.05) is 6.04 Å². The van der Waals surface area contributed by atoms with Crippen molar-refractivity contribution in [3.05, 3.63) is 24.3 Å². The SMILES string of the molecule is CCCOc1ccc(OCCCC(C)NCC)cc1. The van der Waals surface area contributed by atoms with Crippen molar-refractivity contribution in [2.24, 2.45) is 0 Å². The van der Waals surface area contributed by atoms with E-state index in [-0.39, 0.29) is 0 Å². The molecule has 0 aliphatic heterocycles. The highest BCUT2D eigenvalue weighted by molar-refractivity contribution is 5.31. The Labute approximate surface area is 117 Å². The van der Waals surface area contributed by atoms with Gasteiger partial charge >= 0.3 is 0 Å². The first-order valence-electron chi connectivity index (χ1n) is 7.35. The molecule has 0 radical (unpaired) electrons. The lowest BCUT2D eigenvalue weighted by Gasteiger charge is -2.12. The van der Waals surface area contributed by atoms with Gasteiger partial charge in [-0.15, -0.1) is 0 Å². The lowest BCUT2D eigenvalue weighted by Crippen LogP contribution is -2.25. The number of hydrogen-bond acceptors (Lipinski definition) is 3. The normalized spacial score (nSPS) is 12.2. The molecule has 0 spiro atoms. The van der Waals surface area contributed by atoms with Crippen LogP contribution >= 0.6 is 0 Å². The third-order valence-electron chi connectivity index (χ3n) is 2.90. The molecule has 1 rings (SSSR count). The van der Waals surface area contributed by atoms with Crippen molar-refractivity contribution in [1.29, 1.82) is 0 Å². The van der Waals surface area contributed by atoms with Crippen LogP contribution in [0.3, 0.4) is 0 Å². The zero-order valence-corrected chi connectivity index (χ0v) is 12.4. The van der Waals surface area contributed by atoms with Gasteiger partial charge in [0.15, 0.2) is 0 Å². The molecule has 108 valence electrons. The summed E-state index contributed by atoms with van der Waals surface area (Å²) in [5, 5.41) is 3.40. The predicted molar refractivity (Wildman–Crippen MR) is 80.1 cm³/mol. The molecule has 0 saturated carbocycles. The van der Waals surface area contributed by atoms with Crippen LogP contribution < -0.4 is 14.8 Å². The Hall–Kier alpha value is -1.22. The van der Waals surface area contributed by atoms with E-state index in [1.54, 1.807) is 0 Å². The predicted octanol–water partition coefficient (Wildman–Crippen LogP) is 3.63. The summed E-state index contributed by atoms with van der Waals surface area (Å²) < 4.78 is 11.2. The Morgan fingerprint density at radius 2 is 1.58 bits per heavy atom. The zero-order valence-electron chi connectivity index (χ0n) is 12.4. The molecule has 1 N–H and O–H groups in total. The van der Waals surface area contributed by atoms with Crippen molar-refractivity contribution < 1.29 is 9.47 Å². The van der Waals surface area contributed by atoms with Gasteiger partial charge in [-0.2, -0.15) is 0 Å². The Bertz CT molecular complexity index is 324. The molecule has 0 aliphatic rings. The summed E-state index contributed by atoms with van der Waals surface area (Å²) in [4.78, 5) is 0. The number of benzene rings is 1. The summed E-state index contributed by atoms with van der Waals surface area (Å²) in [7, 11) is 0. The van der Waals surface area contributed by atoms with E-state index >= 15 is 0 Å². The second-order valence-corrected chi connectivity index (χ2v) is 4.77. The van der Waals surface area contributed by atoms with Gasteiger partial charge in [-0.25, -0.2) is 0 Å². The molecular formula is C16H27NO2. The molecule has 0 amide bonds. The van der Waals surface area contributed by atoms with Gasteiger partial charge in [0.25, 0.3) is 0 Å². The van der Waals surface area contributed by atoms with Gasteiger partial charge in [-0.1, -0.05) is 13.8 Å². The van der Waals surface area contributed by atoms with Gasteiger partial charge in [0.2, 0.25) is 0 Å². The summed E-state index contributed by atoms with van der Waals surface area (Å²) in [6, 6.07) is 8.44. The number of ether oxygens (including phenoxy) is 2. The molecule has 0 aromatic heterocycles. The third-order valence-corrected chi connectivity index (χ3v) is 2.90. The summed E-state index contributed by atoms with van der Waals surface area (Å²) in [5.41, 5.74) is 0. The quantitative estimate of drug-likeness (QED) is 0.655. The molecule has 0 heterocycles. The standard InChI is InChI=1S/C16H27NO2/c1-4-12-18-15-8-10-16(11-9-15)19-13-6-7-14(3)17-5-2/h8-11,14,17H,4-7,12-13H2,1-3H3. The molecule has 0 bridgehead atoms.